The van der Waals surface area contributed by atoms with Gasteiger partial charge in [0.05, 0.1) is 18.1 Å². The first-order chi connectivity index (χ1) is 16.8. The Kier molecular flexibility index (Phi) is 8.38. The third-order valence-corrected chi connectivity index (χ3v) is 7.72. The summed E-state index contributed by atoms with van der Waals surface area (Å²) in [6, 6.07) is 8.09. The molecule has 1 aromatic carbocycles. The lowest BCUT2D eigenvalue weighted by atomic mass is 9.87. The molecule has 9 heteroatoms. The molecule has 1 saturated heterocycles. The van der Waals surface area contributed by atoms with Crippen LogP contribution in [0.25, 0.3) is 11.4 Å². The summed E-state index contributed by atoms with van der Waals surface area (Å²) in [5.41, 5.74) is 4.14. The maximum absolute atomic E-state index is 11.9. The van der Waals surface area contributed by atoms with Crippen molar-refractivity contribution < 1.29 is 17.9 Å². The fourth-order valence-corrected chi connectivity index (χ4v) is 6.09. The summed E-state index contributed by atoms with van der Waals surface area (Å²) >= 11 is 0. The second kappa shape index (κ2) is 11.5. The van der Waals surface area contributed by atoms with Crippen LogP contribution in [0.5, 0.6) is 0 Å². The molecule has 1 amide bonds. The first-order valence-corrected chi connectivity index (χ1v) is 14.6. The molecule has 2 heterocycles. The summed E-state index contributed by atoms with van der Waals surface area (Å²) in [7, 11) is -3.04. The van der Waals surface area contributed by atoms with E-state index in [9.17, 15) is 13.2 Å². The van der Waals surface area contributed by atoms with Crippen molar-refractivity contribution in [2.75, 3.05) is 49.8 Å². The van der Waals surface area contributed by atoms with Gasteiger partial charge in [-0.2, -0.15) is 0 Å². The molecule has 1 aromatic heterocycles. The summed E-state index contributed by atoms with van der Waals surface area (Å²) in [4.78, 5) is 24.1. The molecule has 2 aromatic rings. The van der Waals surface area contributed by atoms with E-state index in [0.29, 0.717) is 38.2 Å². The summed E-state index contributed by atoms with van der Waals surface area (Å²) in [6.07, 6.45) is 5.69. The van der Waals surface area contributed by atoms with Crippen LogP contribution in [0.15, 0.2) is 24.3 Å². The van der Waals surface area contributed by atoms with E-state index in [2.05, 4.69) is 10.2 Å². The lowest BCUT2D eigenvalue weighted by molar-refractivity contribution is -0.120. The molecule has 35 heavy (non-hydrogen) atoms. The van der Waals surface area contributed by atoms with Gasteiger partial charge in [-0.15, -0.1) is 0 Å². The average molecular weight is 501 g/mol. The van der Waals surface area contributed by atoms with Gasteiger partial charge in [0.25, 0.3) is 0 Å². The molecule has 8 nitrogen and oxygen atoms in total. The zero-order valence-electron chi connectivity index (χ0n) is 20.8. The molecule has 0 spiro atoms. The first-order valence-electron chi connectivity index (χ1n) is 12.6. The lowest BCUT2D eigenvalue weighted by Gasteiger charge is -2.30. The van der Waals surface area contributed by atoms with Gasteiger partial charge in [-0.3, -0.25) is 4.79 Å². The van der Waals surface area contributed by atoms with Crippen molar-refractivity contribution in [3.05, 3.63) is 41.1 Å². The lowest BCUT2D eigenvalue weighted by Crippen LogP contribution is -2.31. The molecule has 0 saturated carbocycles. The minimum atomic E-state index is -3.04. The van der Waals surface area contributed by atoms with Crippen molar-refractivity contribution in [1.29, 1.82) is 0 Å². The van der Waals surface area contributed by atoms with Crippen LogP contribution >= 0.6 is 0 Å². The number of rotatable bonds is 8. The number of aryl methyl sites for hydroxylation is 1. The Labute approximate surface area is 208 Å². The van der Waals surface area contributed by atoms with Gasteiger partial charge in [0.2, 0.25) is 5.91 Å². The average Bonchev–Trinajstić information content (AvgIpc) is 3.11. The van der Waals surface area contributed by atoms with Gasteiger partial charge in [0.1, 0.15) is 15.7 Å². The highest BCUT2D eigenvalue weighted by atomic mass is 32.2. The summed E-state index contributed by atoms with van der Waals surface area (Å²) in [6.45, 7) is 5.66. The molecular weight excluding hydrogens is 464 g/mol. The standard InChI is InChI=1S/C26H36N4O4S/c1-3-27-24(31)12-8-19-5-9-21(10-6-19)25-28-23-17-20(18-35(2,32)33)7-11-22(23)26(29-25)30-13-4-15-34-16-14-30/h5-6,9-10,20H,3-4,7-8,11-18H2,1-2H3,(H,27,31). The van der Waals surface area contributed by atoms with E-state index in [-0.39, 0.29) is 17.6 Å². The van der Waals surface area contributed by atoms with Crippen molar-refractivity contribution in [2.45, 2.75) is 45.4 Å². The minimum absolute atomic E-state index is 0.0596. The molecule has 1 aliphatic carbocycles. The van der Waals surface area contributed by atoms with Crippen LogP contribution < -0.4 is 10.2 Å². The second-order valence-corrected chi connectivity index (χ2v) is 11.8. The second-order valence-electron chi connectivity index (χ2n) is 9.60. The van der Waals surface area contributed by atoms with Gasteiger partial charge >= 0.3 is 0 Å². The summed E-state index contributed by atoms with van der Waals surface area (Å²) < 4.78 is 29.5. The number of hydrogen-bond donors (Lipinski definition) is 1. The molecule has 2 aliphatic rings. The van der Waals surface area contributed by atoms with Gasteiger partial charge in [0, 0.05) is 50.0 Å². The number of aromatic nitrogens is 2. The molecule has 1 N–H and O–H groups in total. The number of carbonyl (C=O) groups is 1. The maximum atomic E-state index is 11.9. The molecule has 1 aliphatic heterocycles. The Hall–Kier alpha value is -2.52. The van der Waals surface area contributed by atoms with E-state index in [1.54, 1.807) is 0 Å². The Morgan fingerprint density at radius 2 is 1.97 bits per heavy atom. The van der Waals surface area contributed by atoms with Crippen LogP contribution in [0, 0.1) is 5.92 Å². The molecule has 0 radical (unpaired) electrons. The number of sulfone groups is 1. The van der Waals surface area contributed by atoms with Crippen LogP contribution in [0.1, 0.15) is 43.0 Å². The number of anilines is 1. The fourth-order valence-electron chi connectivity index (χ4n) is 4.95. The van der Waals surface area contributed by atoms with Crippen molar-refractivity contribution in [2.24, 2.45) is 5.92 Å². The van der Waals surface area contributed by atoms with Gasteiger partial charge in [-0.05, 0) is 50.5 Å². The molecular formula is C26H36N4O4S. The molecule has 190 valence electrons. The predicted molar refractivity (Wildman–Crippen MR) is 137 cm³/mol. The monoisotopic (exact) mass is 500 g/mol. The smallest absolute Gasteiger partial charge is 0.220 e. The molecule has 1 unspecified atom stereocenters. The van der Waals surface area contributed by atoms with Crippen LogP contribution in [-0.4, -0.2) is 69.1 Å². The first kappa shape index (κ1) is 25.6. The number of hydrogen-bond acceptors (Lipinski definition) is 7. The van der Waals surface area contributed by atoms with Gasteiger partial charge in [0.15, 0.2) is 5.82 Å². The van der Waals surface area contributed by atoms with E-state index < -0.39 is 9.84 Å². The van der Waals surface area contributed by atoms with Gasteiger partial charge < -0.3 is 15.0 Å². The quantitative estimate of drug-likeness (QED) is 0.594. The Bertz CT molecular complexity index is 1130. The van der Waals surface area contributed by atoms with Crippen LogP contribution in [0.3, 0.4) is 0 Å². The highest BCUT2D eigenvalue weighted by Gasteiger charge is 2.28. The molecule has 0 bridgehead atoms. The summed E-state index contributed by atoms with van der Waals surface area (Å²) in [5.74, 6) is 1.97. The van der Waals surface area contributed by atoms with Crippen LogP contribution in [0.2, 0.25) is 0 Å². The van der Waals surface area contributed by atoms with Crippen LogP contribution in [0.4, 0.5) is 5.82 Å². The van der Waals surface area contributed by atoms with Crippen molar-refractivity contribution >= 4 is 21.6 Å². The highest BCUT2D eigenvalue weighted by Crippen LogP contribution is 2.34. The van der Waals surface area contributed by atoms with Crippen LogP contribution in [-0.2, 0) is 38.6 Å². The number of amides is 1. The zero-order valence-corrected chi connectivity index (χ0v) is 21.6. The molecule has 1 fully saturated rings. The number of fused-ring (bicyclic) bond motifs is 1. The third kappa shape index (κ3) is 7.01. The number of nitrogens with zero attached hydrogens (tertiary/aromatic N) is 3. The third-order valence-electron chi connectivity index (χ3n) is 6.64. The van der Waals surface area contributed by atoms with Crippen molar-refractivity contribution in [1.82, 2.24) is 15.3 Å². The SMILES string of the molecule is CCNC(=O)CCc1ccc(-c2nc3c(c(N4CCCOCC4)n2)CCC(CS(C)(=O)=O)C3)cc1. The summed E-state index contributed by atoms with van der Waals surface area (Å²) in [5, 5.41) is 2.83. The zero-order chi connectivity index (χ0) is 24.8. The van der Waals surface area contributed by atoms with Gasteiger partial charge in [-0.25, -0.2) is 18.4 Å². The van der Waals surface area contributed by atoms with E-state index >= 15 is 0 Å². The maximum Gasteiger partial charge on any atom is 0.220 e. The number of ether oxygens (including phenoxy) is 1. The number of carbonyl (C=O) groups excluding carboxylic acids is 1. The normalized spacial score (nSPS) is 18.6. The molecule has 1 atom stereocenters. The number of nitrogens with one attached hydrogen (secondary N) is 1. The van der Waals surface area contributed by atoms with E-state index in [1.165, 1.54) is 6.26 Å². The molecule has 4 rings (SSSR count). The van der Waals surface area contributed by atoms with Crippen molar-refractivity contribution in [3.8, 4) is 11.4 Å². The Morgan fingerprint density at radius 1 is 1.17 bits per heavy atom. The van der Waals surface area contributed by atoms with E-state index in [0.717, 1.165) is 67.2 Å². The van der Waals surface area contributed by atoms with E-state index in [4.69, 9.17) is 14.7 Å². The van der Waals surface area contributed by atoms with E-state index in [1.807, 2.05) is 31.2 Å². The Morgan fingerprint density at radius 3 is 2.71 bits per heavy atom. The Balaban J connectivity index is 1.62. The largest absolute Gasteiger partial charge is 0.380 e. The minimum Gasteiger partial charge on any atom is -0.380 e. The topological polar surface area (TPSA) is 101 Å². The van der Waals surface area contributed by atoms with Crippen molar-refractivity contribution in [3.63, 3.8) is 0 Å². The highest BCUT2D eigenvalue weighted by molar-refractivity contribution is 7.90. The fraction of sp³-hybridized carbons (Fsp3) is 0.577. The number of benzene rings is 1. The van der Waals surface area contributed by atoms with Gasteiger partial charge in [-0.1, -0.05) is 24.3 Å². The predicted octanol–water partition coefficient (Wildman–Crippen LogP) is 2.59.